The van der Waals surface area contributed by atoms with Gasteiger partial charge in [-0.25, -0.2) is 8.78 Å². The number of carbonyl (C=O) groups is 1. The van der Waals surface area contributed by atoms with Gasteiger partial charge in [-0.15, -0.1) is 0 Å². The van der Waals surface area contributed by atoms with Crippen LogP contribution in [0.1, 0.15) is 5.56 Å². The first-order valence-electron chi connectivity index (χ1n) is 7.03. The maximum Gasteiger partial charge on any atom is 0.330 e. The molecule has 2 rings (SSSR count). The smallest absolute Gasteiger partial charge is 0.330 e. The van der Waals surface area contributed by atoms with Crippen molar-refractivity contribution in [3.63, 3.8) is 0 Å². The number of hydrogen-bond donors (Lipinski definition) is 0. The minimum Gasteiger partial charge on any atom is -0.486 e. The van der Waals surface area contributed by atoms with Crippen LogP contribution < -0.4 is 4.74 Å². The molecule has 0 N–H and O–H groups in total. The van der Waals surface area contributed by atoms with Crippen LogP contribution in [0.5, 0.6) is 5.75 Å². The minimum absolute atomic E-state index is 0.178. The Labute approximate surface area is 131 Å². The van der Waals surface area contributed by atoms with E-state index in [4.69, 9.17) is 4.74 Å². The number of hydrogen-bond acceptors (Lipinski definition) is 3. The fourth-order valence-corrected chi connectivity index (χ4v) is 2.01. The average Bonchev–Trinajstić information content (AvgIpc) is 2.43. The zero-order valence-electron chi connectivity index (χ0n) is 12.5. The van der Waals surface area contributed by atoms with Gasteiger partial charge < -0.3 is 14.4 Å². The van der Waals surface area contributed by atoms with Gasteiger partial charge in [0.1, 0.15) is 25.1 Å². The fraction of sp³-hybridized carbons (Fsp3) is 0.533. The van der Waals surface area contributed by atoms with Crippen LogP contribution in [-0.4, -0.2) is 55.6 Å². The first-order chi connectivity index (χ1) is 10.8. The number of alkyl halides is 4. The molecule has 0 atom stereocenters. The van der Waals surface area contributed by atoms with Crippen LogP contribution in [-0.2, 0) is 9.53 Å². The van der Waals surface area contributed by atoms with Crippen molar-refractivity contribution in [1.82, 2.24) is 4.90 Å². The molecule has 1 fully saturated rings. The summed E-state index contributed by atoms with van der Waals surface area (Å²) in [6, 6.07) is 7.43. The van der Waals surface area contributed by atoms with E-state index < -0.39 is 31.5 Å². The Hall–Kier alpha value is -1.83. The van der Waals surface area contributed by atoms with Gasteiger partial charge >= 0.3 is 12.3 Å². The van der Waals surface area contributed by atoms with Gasteiger partial charge in [-0.3, -0.25) is 4.79 Å². The van der Waals surface area contributed by atoms with Gasteiger partial charge in [0.2, 0.25) is 5.91 Å². The molecule has 4 nitrogen and oxygen atoms in total. The van der Waals surface area contributed by atoms with E-state index in [1.807, 2.05) is 31.2 Å². The summed E-state index contributed by atoms with van der Waals surface area (Å²) < 4.78 is 59.2. The molecule has 1 aliphatic rings. The lowest BCUT2D eigenvalue weighted by molar-refractivity contribution is -0.173. The van der Waals surface area contributed by atoms with E-state index in [2.05, 4.69) is 4.74 Å². The van der Waals surface area contributed by atoms with Crippen LogP contribution in [0.4, 0.5) is 17.6 Å². The number of para-hydroxylation sites is 1. The van der Waals surface area contributed by atoms with Crippen LogP contribution in [0, 0.1) is 6.92 Å². The van der Waals surface area contributed by atoms with Gasteiger partial charge in [0.05, 0.1) is 13.1 Å². The zero-order chi connectivity index (χ0) is 17.0. The molecule has 23 heavy (non-hydrogen) atoms. The van der Waals surface area contributed by atoms with E-state index in [1.54, 1.807) is 0 Å². The standard InChI is InChI=1S/C15H17F4NO3/c1-10-4-2-3-5-12(10)23-11-6-20(7-11)13(21)8-22-9-15(18,19)14(16)17/h2-5,11,14H,6-9H2,1H3. The lowest BCUT2D eigenvalue weighted by atomic mass is 10.1. The summed E-state index contributed by atoms with van der Waals surface area (Å²) in [7, 11) is 0. The van der Waals surface area contributed by atoms with E-state index in [9.17, 15) is 22.4 Å². The molecule has 1 aromatic rings. The highest BCUT2D eigenvalue weighted by atomic mass is 19.3. The highest BCUT2D eigenvalue weighted by molar-refractivity contribution is 5.78. The molecule has 0 radical (unpaired) electrons. The quantitative estimate of drug-likeness (QED) is 0.719. The molecule has 0 unspecified atom stereocenters. The molecular weight excluding hydrogens is 318 g/mol. The summed E-state index contributed by atoms with van der Waals surface area (Å²) in [5.41, 5.74) is 0.967. The monoisotopic (exact) mass is 335 g/mol. The summed E-state index contributed by atoms with van der Waals surface area (Å²) in [6.07, 6.45) is -3.99. The number of halogens is 4. The van der Waals surface area contributed by atoms with Gasteiger partial charge in [0, 0.05) is 0 Å². The Kier molecular flexibility index (Phi) is 5.46. The second kappa shape index (κ2) is 7.16. The molecule has 0 bridgehead atoms. The average molecular weight is 335 g/mol. The highest BCUT2D eigenvalue weighted by Crippen LogP contribution is 2.24. The molecular formula is C15H17F4NO3. The largest absolute Gasteiger partial charge is 0.486 e. The first kappa shape index (κ1) is 17.5. The van der Waals surface area contributed by atoms with Crippen LogP contribution in [0.3, 0.4) is 0 Å². The van der Waals surface area contributed by atoms with Gasteiger partial charge in [0.15, 0.2) is 0 Å². The van der Waals surface area contributed by atoms with Crippen molar-refractivity contribution in [2.24, 2.45) is 0 Å². The molecule has 1 aromatic carbocycles. The normalized spacial score (nSPS) is 15.7. The van der Waals surface area contributed by atoms with Gasteiger partial charge in [-0.1, -0.05) is 18.2 Å². The second-order valence-electron chi connectivity index (χ2n) is 5.36. The molecule has 128 valence electrons. The minimum atomic E-state index is -4.24. The van der Waals surface area contributed by atoms with Crippen LogP contribution in [0.2, 0.25) is 0 Å². The summed E-state index contributed by atoms with van der Waals surface area (Å²) in [5.74, 6) is -4.05. The maximum absolute atomic E-state index is 12.6. The molecule has 8 heteroatoms. The Bertz CT molecular complexity index is 547. The van der Waals surface area contributed by atoms with E-state index in [1.165, 1.54) is 4.90 Å². The number of benzene rings is 1. The Morgan fingerprint density at radius 1 is 1.35 bits per heavy atom. The number of rotatable bonds is 7. The van der Waals surface area contributed by atoms with Crippen molar-refractivity contribution in [2.75, 3.05) is 26.3 Å². The van der Waals surface area contributed by atoms with E-state index in [-0.39, 0.29) is 6.10 Å². The molecule has 1 saturated heterocycles. The van der Waals surface area contributed by atoms with Crippen molar-refractivity contribution < 1.29 is 31.8 Å². The van der Waals surface area contributed by atoms with Crippen molar-refractivity contribution in [1.29, 1.82) is 0 Å². The van der Waals surface area contributed by atoms with Gasteiger partial charge in [-0.2, -0.15) is 8.78 Å². The number of aryl methyl sites for hydroxylation is 1. The number of likely N-dealkylation sites (tertiary alicyclic amines) is 1. The van der Waals surface area contributed by atoms with Gasteiger partial charge in [-0.05, 0) is 18.6 Å². The lowest BCUT2D eigenvalue weighted by Crippen LogP contribution is -2.57. The summed E-state index contributed by atoms with van der Waals surface area (Å²) in [5, 5.41) is 0. The summed E-state index contributed by atoms with van der Waals surface area (Å²) in [6.45, 7) is 0.379. The SMILES string of the molecule is Cc1ccccc1OC1CN(C(=O)COCC(F)(F)C(F)F)C1. The topological polar surface area (TPSA) is 38.8 Å². The first-order valence-corrected chi connectivity index (χ1v) is 7.03. The van der Waals surface area contributed by atoms with Crippen LogP contribution >= 0.6 is 0 Å². The van der Waals surface area contributed by atoms with Crippen molar-refractivity contribution in [2.45, 2.75) is 25.4 Å². The third-order valence-electron chi connectivity index (χ3n) is 3.43. The maximum atomic E-state index is 12.6. The van der Waals surface area contributed by atoms with Crippen LogP contribution in [0.15, 0.2) is 24.3 Å². The lowest BCUT2D eigenvalue weighted by Gasteiger charge is -2.39. The number of carbonyl (C=O) groups excluding carboxylic acids is 1. The van der Waals surface area contributed by atoms with Crippen LogP contribution in [0.25, 0.3) is 0 Å². The molecule has 1 aliphatic heterocycles. The number of nitrogens with zero attached hydrogens (tertiary/aromatic N) is 1. The molecule has 1 amide bonds. The number of ether oxygens (including phenoxy) is 2. The Balaban J connectivity index is 1.69. The molecule has 0 spiro atoms. The third-order valence-corrected chi connectivity index (χ3v) is 3.43. The van der Waals surface area contributed by atoms with E-state index in [0.29, 0.717) is 13.1 Å². The summed E-state index contributed by atoms with van der Waals surface area (Å²) in [4.78, 5) is 13.0. The predicted octanol–water partition coefficient (Wildman–Crippen LogP) is 2.50. The molecule has 1 heterocycles. The Morgan fingerprint density at radius 2 is 2.00 bits per heavy atom. The van der Waals surface area contributed by atoms with Crippen molar-refractivity contribution in [3.8, 4) is 5.75 Å². The van der Waals surface area contributed by atoms with Crippen molar-refractivity contribution in [3.05, 3.63) is 29.8 Å². The Morgan fingerprint density at radius 3 is 2.61 bits per heavy atom. The van der Waals surface area contributed by atoms with E-state index in [0.717, 1.165) is 11.3 Å². The van der Waals surface area contributed by atoms with Crippen molar-refractivity contribution >= 4 is 5.91 Å². The second-order valence-corrected chi connectivity index (χ2v) is 5.36. The van der Waals surface area contributed by atoms with Gasteiger partial charge in [0.25, 0.3) is 0 Å². The molecule has 0 saturated carbocycles. The molecule has 0 aliphatic carbocycles. The molecule has 0 aromatic heterocycles. The number of amides is 1. The highest BCUT2D eigenvalue weighted by Gasteiger charge is 2.41. The third kappa shape index (κ3) is 4.57. The fourth-order valence-electron chi connectivity index (χ4n) is 2.01. The predicted molar refractivity (Wildman–Crippen MR) is 73.9 cm³/mol. The zero-order valence-corrected chi connectivity index (χ0v) is 12.5. The van der Waals surface area contributed by atoms with E-state index >= 15 is 0 Å². The summed E-state index contributed by atoms with van der Waals surface area (Å²) >= 11 is 0.